The van der Waals surface area contributed by atoms with Crippen molar-refractivity contribution in [3.05, 3.63) is 89.5 Å². The molecule has 5 rings (SSSR count). The molecular weight excluding hydrogens is 657 g/mol. The quantitative estimate of drug-likeness (QED) is 0.160. The number of hydrogen-bond donors (Lipinski definition) is 1. The number of rotatable bonds is 12. The minimum atomic E-state index is -6.01. The Morgan fingerprint density at radius 3 is 2.50 bits per heavy atom. The van der Waals surface area contributed by atoms with E-state index >= 15 is 0 Å². The van der Waals surface area contributed by atoms with E-state index in [1.807, 2.05) is 24.3 Å². The number of methoxy groups -OCH3 is 1. The number of nitrogens with zero attached hydrogens (tertiary/aromatic N) is 2. The standard InChI is InChI=1S/C33H37F3N2O9S/c1-43-16-7-14-37-15-17-44-29-13-12-24(18-26(29)37)22-45-30-20-38(32(40)46-21-23-8-3-2-4-9-23)19-27(39)31(30)25-10-5-6-11-28(25)47-48(41,42)33(34,35)36/h2-6,8-13,18,27,30-31,39H,7,14-17,19-22H2,1H3/t27-,30+,31+/m1/s1. The van der Waals surface area contributed by atoms with Crippen LogP contribution in [0.1, 0.15) is 29.0 Å². The van der Waals surface area contributed by atoms with Crippen LogP contribution in [0.25, 0.3) is 0 Å². The highest BCUT2D eigenvalue weighted by atomic mass is 32.2. The first kappa shape index (κ1) is 35.3. The SMILES string of the molecule is COCCCN1CCOc2ccc(CO[C@H]3CN(C(=O)OCc4ccccc4)C[C@@H](O)[C@@H]3c3ccccc3OS(=O)(=O)C(F)(F)F)cc21. The number of carbonyl (C=O) groups excluding carboxylic acids is 1. The smallest absolute Gasteiger partial charge is 0.490 e. The molecule has 2 aliphatic rings. The van der Waals surface area contributed by atoms with Crippen molar-refractivity contribution in [2.75, 3.05) is 51.4 Å². The van der Waals surface area contributed by atoms with Gasteiger partial charge in [0.1, 0.15) is 24.7 Å². The summed E-state index contributed by atoms with van der Waals surface area (Å²) >= 11 is 0. The molecule has 11 nitrogen and oxygen atoms in total. The maximum Gasteiger partial charge on any atom is 0.534 e. The fourth-order valence-electron chi connectivity index (χ4n) is 5.76. The Balaban J connectivity index is 1.40. The second-order valence-corrected chi connectivity index (χ2v) is 12.9. The fraction of sp³-hybridized carbons (Fsp3) is 0.424. The van der Waals surface area contributed by atoms with Gasteiger partial charge in [0, 0.05) is 31.7 Å². The van der Waals surface area contributed by atoms with Gasteiger partial charge in [-0.05, 0) is 35.7 Å². The number of para-hydroxylation sites is 1. The van der Waals surface area contributed by atoms with E-state index in [0.717, 1.165) is 35.8 Å². The molecule has 0 unspecified atom stereocenters. The van der Waals surface area contributed by atoms with Crippen molar-refractivity contribution in [1.82, 2.24) is 4.90 Å². The number of alkyl halides is 3. The van der Waals surface area contributed by atoms with Gasteiger partial charge in [-0.3, -0.25) is 0 Å². The van der Waals surface area contributed by atoms with Gasteiger partial charge in [-0.15, -0.1) is 0 Å². The van der Waals surface area contributed by atoms with Crippen molar-refractivity contribution in [2.24, 2.45) is 0 Å². The van der Waals surface area contributed by atoms with E-state index in [0.29, 0.717) is 25.5 Å². The average Bonchev–Trinajstić information content (AvgIpc) is 3.06. The molecule has 1 amide bonds. The molecule has 1 N–H and O–H groups in total. The lowest BCUT2D eigenvalue weighted by Gasteiger charge is -2.41. The number of hydrogen-bond acceptors (Lipinski definition) is 10. The normalized spacial score (nSPS) is 19.7. The van der Waals surface area contributed by atoms with E-state index in [-0.39, 0.29) is 31.9 Å². The number of ether oxygens (including phenoxy) is 4. The summed E-state index contributed by atoms with van der Waals surface area (Å²) in [5, 5.41) is 11.4. The zero-order chi connectivity index (χ0) is 34.3. The van der Waals surface area contributed by atoms with Crippen LogP contribution in [0.4, 0.5) is 23.7 Å². The van der Waals surface area contributed by atoms with Crippen LogP contribution in [0, 0.1) is 0 Å². The van der Waals surface area contributed by atoms with Crippen LogP contribution >= 0.6 is 0 Å². The molecule has 1 fully saturated rings. The lowest BCUT2D eigenvalue weighted by atomic mass is 9.84. The number of β-amino-alcohol motifs (C(OH)–C–C–N with tert-alkyl or cyclic N) is 1. The molecule has 1 saturated heterocycles. The first-order chi connectivity index (χ1) is 23.0. The van der Waals surface area contributed by atoms with Gasteiger partial charge >= 0.3 is 21.7 Å². The molecule has 260 valence electrons. The van der Waals surface area contributed by atoms with Crippen LogP contribution in [-0.4, -0.2) is 88.7 Å². The molecular formula is C33H37F3N2O9S. The van der Waals surface area contributed by atoms with Crippen molar-refractivity contribution in [3.63, 3.8) is 0 Å². The third kappa shape index (κ3) is 8.50. The number of likely N-dealkylation sites (tertiary alicyclic amines) is 1. The Hall–Kier alpha value is -4.05. The zero-order valence-electron chi connectivity index (χ0n) is 26.2. The highest BCUT2D eigenvalue weighted by Gasteiger charge is 2.49. The third-order valence-corrected chi connectivity index (χ3v) is 9.04. The van der Waals surface area contributed by atoms with E-state index in [4.69, 9.17) is 18.9 Å². The topological polar surface area (TPSA) is 124 Å². The number of fused-ring (bicyclic) bond motifs is 1. The summed E-state index contributed by atoms with van der Waals surface area (Å²) in [5.41, 5.74) is -3.35. The fourth-order valence-corrected chi connectivity index (χ4v) is 6.24. The number of anilines is 1. The van der Waals surface area contributed by atoms with Gasteiger partial charge in [0.15, 0.2) is 0 Å². The summed E-state index contributed by atoms with van der Waals surface area (Å²) in [4.78, 5) is 16.6. The van der Waals surface area contributed by atoms with Crippen molar-refractivity contribution >= 4 is 21.9 Å². The van der Waals surface area contributed by atoms with Gasteiger partial charge < -0.3 is 38.0 Å². The van der Waals surface area contributed by atoms with E-state index in [1.165, 1.54) is 23.1 Å². The van der Waals surface area contributed by atoms with Crippen LogP contribution in [0.15, 0.2) is 72.8 Å². The molecule has 2 aliphatic heterocycles. The Kier molecular flexibility index (Phi) is 11.3. The van der Waals surface area contributed by atoms with Crippen LogP contribution in [-0.2, 0) is 37.5 Å². The summed E-state index contributed by atoms with van der Waals surface area (Å²) in [6.07, 6.45) is -2.33. The summed E-state index contributed by atoms with van der Waals surface area (Å²) < 4.78 is 91.0. The Morgan fingerprint density at radius 1 is 1.00 bits per heavy atom. The van der Waals surface area contributed by atoms with Crippen molar-refractivity contribution < 1.29 is 54.6 Å². The van der Waals surface area contributed by atoms with Crippen LogP contribution in [0.3, 0.4) is 0 Å². The number of halogens is 3. The predicted octanol–water partition coefficient (Wildman–Crippen LogP) is 4.83. The molecule has 0 bridgehead atoms. The predicted molar refractivity (Wildman–Crippen MR) is 168 cm³/mol. The van der Waals surface area contributed by atoms with Gasteiger partial charge in [0.25, 0.3) is 0 Å². The second-order valence-electron chi connectivity index (χ2n) is 11.4. The summed E-state index contributed by atoms with van der Waals surface area (Å²) in [5.74, 6) is -0.975. The molecule has 2 heterocycles. The molecule has 0 spiro atoms. The molecule has 0 aliphatic carbocycles. The number of benzene rings is 3. The molecule has 3 aromatic rings. The van der Waals surface area contributed by atoms with Crippen LogP contribution in [0.2, 0.25) is 0 Å². The van der Waals surface area contributed by atoms with Crippen molar-refractivity contribution in [3.8, 4) is 11.5 Å². The molecule has 3 aromatic carbocycles. The lowest BCUT2D eigenvalue weighted by molar-refractivity contribution is -0.0696. The minimum absolute atomic E-state index is 0.0101. The summed E-state index contributed by atoms with van der Waals surface area (Å²) in [6.45, 7) is 2.13. The Morgan fingerprint density at radius 2 is 1.75 bits per heavy atom. The summed E-state index contributed by atoms with van der Waals surface area (Å²) in [6, 6.07) is 19.8. The van der Waals surface area contributed by atoms with Gasteiger partial charge in [0.2, 0.25) is 0 Å². The Bertz CT molecular complexity index is 1640. The number of aliphatic hydroxyl groups excluding tert-OH is 1. The maximum absolute atomic E-state index is 13.3. The highest BCUT2D eigenvalue weighted by Crippen LogP contribution is 2.39. The first-order valence-corrected chi connectivity index (χ1v) is 16.7. The van der Waals surface area contributed by atoms with Crippen molar-refractivity contribution in [1.29, 1.82) is 0 Å². The van der Waals surface area contributed by atoms with Crippen molar-refractivity contribution in [2.45, 2.75) is 43.3 Å². The molecule has 15 heteroatoms. The monoisotopic (exact) mass is 694 g/mol. The van der Waals surface area contributed by atoms with Crippen LogP contribution < -0.4 is 13.8 Å². The second kappa shape index (κ2) is 15.4. The average molecular weight is 695 g/mol. The van der Waals surface area contributed by atoms with Gasteiger partial charge in [-0.2, -0.15) is 21.6 Å². The maximum atomic E-state index is 13.3. The molecule has 3 atom stereocenters. The molecule has 0 saturated carbocycles. The zero-order valence-corrected chi connectivity index (χ0v) is 27.0. The number of carbonyl (C=O) groups is 1. The van der Waals surface area contributed by atoms with Gasteiger partial charge in [-0.1, -0.05) is 54.6 Å². The number of aliphatic hydroxyl groups is 1. The van der Waals surface area contributed by atoms with E-state index in [1.54, 1.807) is 31.4 Å². The van der Waals surface area contributed by atoms with E-state index in [2.05, 4.69) is 9.08 Å². The molecule has 48 heavy (non-hydrogen) atoms. The number of piperidine rings is 1. The van der Waals surface area contributed by atoms with E-state index < -0.39 is 45.6 Å². The van der Waals surface area contributed by atoms with E-state index in [9.17, 15) is 31.5 Å². The molecule has 0 aromatic heterocycles. The largest absolute Gasteiger partial charge is 0.534 e. The Labute approximate surface area is 276 Å². The number of amides is 1. The van der Waals surface area contributed by atoms with Gasteiger partial charge in [0.05, 0.1) is 44.1 Å². The third-order valence-electron chi connectivity index (χ3n) is 8.07. The van der Waals surface area contributed by atoms with Gasteiger partial charge in [-0.25, -0.2) is 4.79 Å². The first-order valence-electron chi connectivity index (χ1n) is 15.3. The summed E-state index contributed by atoms with van der Waals surface area (Å²) in [7, 11) is -4.37. The highest BCUT2D eigenvalue weighted by molar-refractivity contribution is 7.88. The lowest BCUT2D eigenvalue weighted by Crippen LogP contribution is -2.53. The minimum Gasteiger partial charge on any atom is -0.490 e. The molecule has 0 radical (unpaired) electrons. The van der Waals surface area contributed by atoms with Crippen LogP contribution in [0.5, 0.6) is 11.5 Å².